The highest BCUT2D eigenvalue weighted by Crippen LogP contribution is 2.25. The van der Waals surface area contributed by atoms with Crippen molar-refractivity contribution in [3.8, 4) is 0 Å². The second kappa shape index (κ2) is 6.64. The molecule has 2 N–H and O–H groups in total. The van der Waals surface area contributed by atoms with Gasteiger partial charge in [0.1, 0.15) is 0 Å². The number of aryl methyl sites for hydroxylation is 1. The Labute approximate surface area is 130 Å². The lowest BCUT2D eigenvalue weighted by atomic mass is 10.1. The predicted octanol–water partition coefficient (Wildman–Crippen LogP) is 4.64. The van der Waals surface area contributed by atoms with Crippen molar-refractivity contribution in [3.05, 3.63) is 58.1 Å². The van der Waals surface area contributed by atoms with Crippen LogP contribution in [-0.4, -0.2) is 12.5 Å². The van der Waals surface area contributed by atoms with Gasteiger partial charge in [0, 0.05) is 22.9 Å². The molecule has 1 amide bonds. The lowest BCUT2D eigenvalue weighted by molar-refractivity contribution is 0.102. The van der Waals surface area contributed by atoms with Crippen molar-refractivity contribution in [3.63, 3.8) is 0 Å². The van der Waals surface area contributed by atoms with Crippen molar-refractivity contribution in [2.45, 2.75) is 20.8 Å². The van der Waals surface area contributed by atoms with E-state index in [2.05, 4.69) is 10.6 Å². The monoisotopic (exact) mass is 302 g/mol. The smallest absolute Gasteiger partial charge is 0.257 e. The summed E-state index contributed by atoms with van der Waals surface area (Å²) in [7, 11) is 0. The van der Waals surface area contributed by atoms with E-state index in [1.54, 1.807) is 0 Å². The van der Waals surface area contributed by atoms with Gasteiger partial charge in [0.15, 0.2) is 0 Å². The summed E-state index contributed by atoms with van der Waals surface area (Å²) in [5.41, 5.74) is 4.18. The molecule has 3 nitrogen and oxygen atoms in total. The minimum absolute atomic E-state index is 0.142. The highest BCUT2D eigenvalue weighted by molar-refractivity contribution is 6.31. The SMILES string of the molecule is CCNc1cc(C)ccc1C(=O)Nc1cccc(Cl)c1C. The Kier molecular flexibility index (Phi) is 4.86. The van der Waals surface area contributed by atoms with Crippen LogP contribution in [0.3, 0.4) is 0 Å². The Bertz CT molecular complexity index is 668. The first-order valence-corrected chi connectivity index (χ1v) is 7.31. The highest BCUT2D eigenvalue weighted by Gasteiger charge is 2.13. The number of benzene rings is 2. The molecule has 2 aromatic carbocycles. The van der Waals surface area contributed by atoms with E-state index in [9.17, 15) is 4.79 Å². The predicted molar refractivity (Wildman–Crippen MR) is 89.5 cm³/mol. The van der Waals surface area contributed by atoms with Gasteiger partial charge in [0.25, 0.3) is 5.91 Å². The molecule has 0 saturated carbocycles. The number of carbonyl (C=O) groups is 1. The topological polar surface area (TPSA) is 41.1 Å². The van der Waals surface area contributed by atoms with Gasteiger partial charge < -0.3 is 10.6 Å². The summed E-state index contributed by atoms with van der Waals surface area (Å²) in [5.74, 6) is -0.142. The van der Waals surface area contributed by atoms with Crippen LogP contribution < -0.4 is 10.6 Å². The van der Waals surface area contributed by atoms with Crippen LogP contribution >= 0.6 is 11.6 Å². The van der Waals surface area contributed by atoms with Crippen LogP contribution in [0.5, 0.6) is 0 Å². The maximum Gasteiger partial charge on any atom is 0.257 e. The number of amides is 1. The summed E-state index contributed by atoms with van der Waals surface area (Å²) in [6, 6.07) is 11.2. The molecule has 0 unspecified atom stereocenters. The van der Waals surface area contributed by atoms with E-state index < -0.39 is 0 Å². The lowest BCUT2D eigenvalue weighted by Crippen LogP contribution is -2.15. The average Bonchev–Trinajstić information content (AvgIpc) is 2.44. The largest absolute Gasteiger partial charge is 0.385 e. The van der Waals surface area contributed by atoms with Crippen LogP contribution in [0.25, 0.3) is 0 Å². The lowest BCUT2D eigenvalue weighted by Gasteiger charge is -2.13. The zero-order valence-electron chi connectivity index (χ0n) is 12.5. The third-order valence-electron chi connectivity index (χ3n) is 3.30. The summed E-state index contributed by atoms with van der Waals surface area (Å²) in [6.45, 7) is 6.66. The molecule has 0 heterocycles. The van der Waals surface area contributed by atoms with E-state index in [0.717, 1.165) is 29.0 Å². The van der Waals surface area contributed by atoms with E-state index in [0.29, 0.717) is 10.6 Å². The molecule has 0 atom stereocenters. The Morgan fingerprint density at radius 2 is 1.90 bits per heavy atom. The molecular weight excluding hydrogens is 284 g/mol. The Morgan fingerprint density at radius 3 is 2.62 bits per heavy atom. The fourth-order valence-electron chi connectivity index (χ4n) is 2.13. The molecule has 0 fully saturated rings. The first-order valence-electron chi connectivity index (χ1n) is 6.94. The van der Waals surface area contributed by atoms with Gasteiger partial charge in [0.05, 0.1) is 5.56 Å². The quantitative estimate of drug-likeness (QED) is 0.863. The molecule has 0 bridgehead atoms. The zero-order chi connectivity index (χ0) is 15.4. The van der Waals surface area contributed by atoms with E-state index in [4.69, 9.17) is 11.6 Å². The number of halogens is 1. The van der Waals surface area contributed by atoms with Crippen LogP contribution in [0.1, 0.15) is 28.4 Å². The number of nitrogens with one attached hydrogen (secondary N) is 2. The molecule has 4 heteroatoms. The van der Waals surface area contributed by atoms with Gasteiger partial charge in [-0.1, -0.05) is 23.7 Å². The van der Waals surface area contributed by atoms with Crippen molar-refractivity contribution >= 4 is 28.9 Å². The Balaban J connectivity index is 2.30. The molecular formula is C17H19ClN2O. The van der Waals surface area contributed by atoms with Crippen molar-refractivity contribution in [2.24, 2.45) is 0 Å². The van der Waals surface area contributed by atoms with E-state index in [1.165, 1.54) is 0 Å². The van der Waals surface area contributed by atoms with Crippen LogP contribution in [0.2, 0.25) is 5.02 Å². The summed E-state index contributed by atoms with van der Waals surface area (Å²) in [4.78, 5) is 12.5. The van der Waals surface area contributed by atoms with Gasteiger partial charge in [-0.15, -0.1) is 0 Å². The number of hydrogen-bond acceptors (Lipinski definition) is 2. The van der Waals surface area contributed by atoms with Gasteiger partial charge in [-0.05, 0) is 56.2 Å². The zero-order valence-corrected chi connectivity index (χ0v) is 13.2. The molecule has 0 aromatic heterocycles. The van der Waals surface area contributed by atoms with Crippen molar-refractivity contribution < 1.29 is 4.79 Å². The standard InChI is InChI=1S/C17H19ClN2O/c1-4-19-16-10-11(2)8-9-13(16)17(21)20-15-7-5-6-14(18)12(15)3/h5-10,19H,4H2,1-3H3,(H,20,21). The summed E-state index contributed by atoms with van der Waals surface area (Å²) < 4.78 is 0. The minimum atomic E-state index is -0.142. The van der Waals surface area contributed by atoms with Gasteiger partial charge in [0.2, 0.25) is 0 Å². The fourth-order valence-corrected chi connectivity index (χ4v) is 2.30. The number of carbonyl (C=O) groups excluding carboxylic acids is 1. The summed E-state index contributed by atoms with van der Waals surface area (Å²) in [5, 5.41) is 6.79. The third kappa shape index (κ3) is 3.56. The van der Waals surface area contributed by atoms with Crippen LogP contribution in [-0.2, 0) is 0 Å². The molecule has 110 valence electrons. The van der Waals surface area contributed by atoms with Crippen molar-refractivity contribution in [2.75, 3.05) is 17.2 Å². The van der Waals surface area contributed by atoms with E-state index >= 15 is 0 Å². The van der Waals surface area contributed by atoms with E-state index in [-0.39, 0.29) is 5.91 Å². The second-order valence-corrected chi connectivity index (χ2v) is 5.35. The Morgan fingerprint density at radius 1 is 1.14 bits per heavy atom. The van der Waals surface area contributed by atoms with Crippen molar-refractivity contribution in [1.82, 2.24) is 0 Å². The molecule has 0 spiro atoms. The molecule has 0 aliphatic heterocycles. The maximum absolute atomic E-state index is 12.5. The summed E-state index contributed by atoms with van der Waals surface area (Å²) in [6.07, 6.45) is 0. The van der Waals surface area contributed by atoms with E-state index in [1.807, 2.05) is 57.2 Å². The van der Waals surface area contributed by atoms with Crippen molar-refractivity contribution in [1.29, 1.82) is 0 Å². The minimum Gasteiger partial charge on any atom is -0.385 e. The average molecular weight is 303 g/mol. The van der Waals surface area contributed by atoms with Gasteiger partial charge in [-0.25, -0.2) is 0 Å². The first kappa shape index (κ1) is 15.4. The molecule has 0 aliphatic rings. The highest BCUT2D eigenvalue weighted by atomic mass is 35.5. The summed E-state index contributed by atoms with van der Waals surface area (Å²) >= 11 is 6.08. The van der Waals surface area contributed by atoms with Crippen LogP contribution in [0, 0.1) is 13.8 Å². The molecule has 0 aliphatic carbocycles. The normalized spacial score (nSPS) is 10.3. The van der Waals surface area contributed by atoms with Gasteiger partial charge in [-0.3, -0.25) is 4.79 Å². The van der Waals surface area contributed by atoms with Crippen LogP contribution in [0.15, 0.2) is 36.4 Å². The molecule has 2 rings (SSSR count). The second-order valence-electron chi connectivity index (χ2n) is 4.95. The first-order chi connectivity index (χ1) is 10.0. The van der Waals surface area contributed by atoms with Crippen LogP contribution in [0.4, 0.5) is 11.4 Å². The molecule has 0 radical (unpaired) electrons. The number of anilines is 2. The third-order valence-corrected chi connectivity index (χ3v) is 3.71. The maximum atomic E-state index is 12.5. The fraction of sp³-hybridized carbons (Fsp3) is 0.235. The molecule has 2 aromatic rings. The van der Waals surface area contributed by atoms with Gasteiger partial charge >= 0.3 is 0 Å². The number of rotatable bonds is 4. The molecule has 0 saturated heterocycles. The number of hydrogen-bond donors (Lipinski definition) is 2. The van der Waals surface area contributed by atoms with Gasteiger partial charge in [-0.2, -0.15) is 0 Å². The molecule has 21 heavy (non-hydrogen) atoms. The Hall–Kier alpha value is -2.00.